The SMILES string of the molecule is C=CC(CCO[Si](C)(C)C(C)(C)C)CC(C)O. The Hall–Kier alpha value is -0.123. The van der Waals surface area contributed by atoms with Crippen LogP contribution in [-0.2, 0) is 4.43 Å². The second-order valence-corrected chi connectivity index (χ2v) is 11.3. The molecule has 0 aliphatic rings. The predicted octanol–water partition coefficient (Wildman–Crippen LogP) is 3.97. The summed E-state index contributed by atoms with van der Waals surface area (Å²) in [5, 5.41) is 9.63. The number of rotatable bonds is 7. The van der Waals surface area contributed by atoms with E-state index in [9.17, 15) is 5.11 Å². The fourth-order valence-electron chi connectivity index (χ4n) is 1.45. The van der Waals surface area contributed by atoms with Crippen molar-refractivity contribution in [3.05, 3.63) is 12.7 Å². The first-order valence-corrected chi connectivity index (χ1v) is 9.45. The zero-order valence-corrected chi connectivity index (χ0v) is 13.4. The van der Waals surface area contributed by atoms with Crippen molar-refractivity contribution in [3.8, 4) is 0 Å². The molecule has 0 fully saturated rings. The minimum Gasteiger partial charge on any atom is -0.417 e. The zero-order chi connectivity index (χ0) is 13.7. The van der Waals surface area contributed by atoms with Gasteiger partial charge < -0.3 is 9.53 Å². The molecule has 0 rings (SSSR count). The van der Waals surface area contributed by atoms with E-state index in [0.29, 0.717) is 5.92 Å². The summed E-state index contributed by atoms with van der Waals surface area (Å²) < 4.78 is 6.12. The van der Waals surface area contributed by atoms with Gasteiger partial charge in [-0.15, -0.1) is 6.58 Å². The fourth-order valence-corrected chi connectivity index (χ4v) is 2.51. The monoisotopic (exact) mass is 258 g/mol. The number of allylic oxidation sites excluding steroid dienone is 1. The van der Waals surface area contributed by atoms with Crippen LogP contribution in [0, 0.1) is 5.92 Å². The lowest BCUT2D eigenvalue weighted by Crippen LogP contribution is -2.41. The van der Waals surface area contributed by atoms with E-state index in [4.69, 9.17) is 4.43 Å². The van der Waals surface area contributed by atoms with Gasteiger partial charge in [0.05, 0.1) is 6.10 Å². The highest BCUT2D eigenvalue weighted by atomic mass is 28.4. The minimum absolute atomic E-state index is 0.258. The predicted molar refractivity (Wildman–Crippen MR) is 77.8 cm³/mol. The van der Waals surface area contributed by atoms with E-state index in [1.54, 1.807) is 0 Å². The van der Waals surface area contributed by atoms with Crippen LogP contribution in [0.1, 0.15) is 40.5 Å². The van der Waals surface area contributed by atoms with Crippen molar-refractivity contribution in [3.63, 3.8) is 0 Å². The molecule has 0 amide bonds. The van der Waals surface area contributed by atoms with Crippen molar-refractivity contribution in [1.82, 2.24) is 0 Å². The normalized spacial score (nSPS) is 16.6. The van der Waals surface area contributed by atoms with Gasteiger partial charge in [0, 0.05) is 6.61 Å². The van der Waals surface area contributed by atoms with Crippen molar-refractivity contribution in [2.75, 3.05) is 6.61 Å². The van der Waals surface area contributed by atoms with Crippen molar-refractivity contribution in [1.29, 1.82) is 0 Å². The van der Waals surface area contributed by atoms with Crippen molar-refractivity contribution in [2.45, 2.75) is 64.8 Å². The Bertz CT molecular complexity index is 229. The van der Waals surface area contributed by atoms with Gasteiger partial charge in [-0.1, -0.05) is 26.8 Å². The Morgan fingerprint density at radius 3 is 2.24 bits per heavy atom. The van der Waals surface area contributed by atoms with Gasteiger partial charge in [0.2, 0.25) is 0 Å². The van der Waals surface area contributed by atoms with Gasteiger partial charge >= 0.3 is 0 Å². The maximum Gasteiger partial charge on any atom is 0.191 e. The Morgan fingerprint density at radius 1 is 1.35 bits per heavy atom. The molecule has 0 aliphatic carbocycles. The molecule has 0 spiro atoms. The average molecular weight is 258 g/mol. The van der Waals surface area contributed by atoms with E-state index < -0.39 is 8.32 Å². The lowest BCUT2D eigenvalue weighted by atomic mass is 9.99. The molecule has 3 heteroatoms. The quantitative estimate of drug-likeness (QED) is 0.553. The molecule has 102 valence electrons. The van der Waals surface area contributed by atoms with E-state index in [2.05, 4.69) is 40.4 Å². The van der Waals surface area contributed by atoms with Gasteiger partial charge in [-0.05, 0) is 43.8 Å². The molecular formula is C14H30O2Si. The van der Waals surface area contributed by atoms with Crippen molar-refractivity contribution >= 4 is 8.32 Å². The third-order valence-electron chi connectivity index (χ3n) is 3.73. The molecular weight excluding hydrogens is 228 g/mol. The average Bonchev–Trinajstić information content (AvgIpc) is 2.13. The highest BCUT2D eigenvalue weighted by Gasteiger charge is 2.36. The van der Waals surface area contributed by atoms with Crippen molar-refractivity contribution < 1.29 is 9.53 Å². The first-order valence-electron chi connectivity index (χ1n) is 6.54. The summed E-state index contributed by atoms with van der Waals surface area (Å²) in [7, 11) is -1.62. The first-order chi connectivity index (χ1) is 7.60. The summed E-state index contributed by atoms with van der Waals surface area (Å²) in [5.41, 5.74) is 0. The van der Waals surface area contributed by atoms with Gasteiger partial charge in [0.15, 0.2) is 8.32 Å². The van der Waals surface area contributed by atoms with Crippen LogP contribution in [-0.4, -0.2) is 26.1 Å². The maximum atomic E-state index is 9.36. The first kappa shape index (κ1) is 16.9. The molecule has 0 heterocycles. The topological polar surface area (TPSA) is 29.5 Å². The van der Waals surface area contributed by atoms with E-state index in [0.717, 1.165) is 19.4 Å². The zero-order valence-electron chi connectivity index (χ0n) is 12.4. The van der Waals surface area contributed by atoms with Crippen LogP contribution >= 0.6 is 0 Å². The van der Waals surface area contributed by atoms with Crippen LogP contribution in [0.4, 0.5) is 0 Å². The molecule has 17 heavy (non-hydrogen) atoms. The second kappa shape index (κ2) is 6.71. The molecule has 2 unspecified atom stereocenters. The van der Waals surface area contributed by atoms with Gasteiger partial charge in [-0.3, -0.25) is 0 Å². The summed E-state index contributed by atoms with van der Waals surface area (Å²) >= 11 is 0. The maximum absolute atomic E-state index is 9.36. The lowest BCUT2D eigenvalue weighted by Gasteiger charge is -2.36. The number of aliphatic hydroxyl groups is 1. The molecule has 0 aliphatic heterocycles. The standard InChI is InChI=1S/C14H30O2Si/c1-8-13(11-12(2)15)9-10-16-17(6,7)14(3,4)5/h8,12-13,15H,1,9-11H2,2-7H3. The molecule has 1 N–H and O–H groups in total. The minimum atomic E-state index is -1.62. The van der Waals surface area contributed by atoms with Gasteiger partial charge in [0.25, 0.3) is 0 Å². The molecule has 0 saturated carbocycles. The molecule has 0 saturated heterocycles. The van der Waals surface area contributed by atoms with Gasteiger partial charge in [0.1, 0.15) is 0 Å². The number of hydrogen-bond acceptors (Lipinski definition) is 2. The van der Waals surface area contributed by atoms with Crippen LogP contribution in [0.2, 0.25) is 18.1 Å². The van der Waals surface area contributed by atoms with E-state index in [-0.39, 0.29) is 11.1 Å². The molecule has 0 aromatic heterocycles. The number of aliphatic hydroxyl groups excluding tert-OH is 1. The Kier molecular flexibility index (Phi) is 6.67. The highest BCUT2D eigenvalue weighted by Crippen LogP contribution is 2.36. The Labute approximate surface area is 108 Å². The van der Waals surface area contributed by atoms with Crippen LogP contribution in [0.3, 0.4) is 0 Å². The third kappa shape index (κ3) is 6.39. The van der Waals surface area contributed by atoms with Gasteiger partial charge in [-0.2, -0.15) is 0 Å². The molecule has 0 aromatic carbocycles. The van der Waals surface area contributed by atoms with E-state index in [1.807, 2.05) is 13.0 Å². The summed E-state index contributed by atoms with van der Waals surface area (Å²) in [6.07, 6.45) is 3.42. The molecule has 0 aromatic rings. The van der Waals surface area contributed by atoms with E-state index >= 15 is 0 Å². The van der Waals surface area contributed by atoms with E-state index in [1.165, 1.54) is 0 Å². The summed E-state index contributed by atoms with van der Waals surface area (Å²) in [6.45, 7) is 17.7. The van der Waals surface area contributed by atoms with Crippen LogP contribution in [0.25, 0.3) is 0 Å². The largest absolute Gasteiger partial charge is 0.417 e. The third-order valence-corrected chi connectivity index (χ3v) is 8.27. The van der Waals surface area contributed by atoms with Crippen LogP contribution < -0.4 is 0 Å². The summed E-state index contributed by atoms with van der Waals surface area (Å²) in [6, 6.07) is 0. The lowest BCUT2D eigenvalue weighted by molar-refractivity contribution is 0.160. The molecule has 0 radical (unpaired) electrons. The van der Waals surface area contributed by atoms with Crippen LogP contribution in [0.15, 0.2) is 12.7 Å². The highest BCUT2D eigenvalue weighted by molar-refractivity contribution is 6.74. The second-order valence-electron chi connectivity index (χ2n) is 6.48. The number of hydrogen-bond donors (Lipinski definition) is 1. The Balaban J connectivity index is 4.09. The molecule has 2 atom stereocenters. The summed E-state index contributed by atoms with van der Waals surface area (Å²) in [4.78, 5) is 0. The van der Waals surface area contributed by atoms with Crippen molar-refractivity contribution in [2.24, 2.45) is 5.92 Å². The Morgan fingerprint density at radius 2 is 1.88 bits per heavy atom. The summed E-state index contributed by atoms with van der Waals surface area (Å²) in [5.74, 6) is 0.361. The van der Waals surface area contributed by atoms with Gasteiger partial charge in [-0.25, -0.2) is 0 Å². The molecule has 0 bridgehead atoms. The smallest absolute Gasteiger partial charge is 0.191 e. The van der Waals surface area contributed by atoms with Crippen LogP contribution in [0.5, 0.6) is 0 Å². The molecule has 2 nitrogen and oxygen atoms in total. The fraction of sp³-hybridized carbons (Fsp3) is 0.857.